The van der Waals surface area contributed by atoms with Gasteiger partial charge in [-0.3, -0.25) is 15.0 Å². The molecule has 0 aliphatic carbocycles. The van der Waals surface area contributed by atoms with E-state index in [1.54, 1.807) is 11.1 Å². The van der Waals surface area contributed by atoms with Gasteiger partial charge < -0.3 is 4.90 Å². The number of hydrogen-bond acceptors (Lipinski definition) is 4. The van der Waals surface area contributed by atoms with Crippen molar-refractivity contribution in [2.45, 2.75) is 71.3 Å². The number of fused-ring (bicyclic) bond motifs is 1. The predicted octanol–water partition coefficient (Wildman–Crippen LogP) is 4.00. The van der Waals surface area contributed by atoms with Gasteiger partial charge in [0.25, 0.3) is 0 Å². The minimum absolute atomic E-state index is 0.218. The zero-order valence-electron chi connectivity index (χ0n) is 18.8. The molecule has 4 rings (SSSR count). The van der Waals surface area contributed by atoms with E-state index in [0.717, 1.165) is 23.7 Å². The molecular weight excluding hydrogens is 390 g/mol. The maximum atomic E-state index is 12.3. The fourth-order valence-corrected chi connectivity index (χ4v) is 5.17. The van der Waals surface area contributed by atoms with Gasteiger partial charge in [0.1, 0.15) is 0 Å². The van der Waals surface area contributed by atoms with E-state index in [0.29, 0.717) is 18.9 Å². The van der Waals surface area contributed by atoms with Gasteiger partial charge in [-0.05, 0) is 68.8 Å². The summed E-state index contributed by atoms with van der Waals surface area (Å²) in [6.07, 6.45) is 12.7. The fourth-order valence-electron chi connectivity index (χ4n) is 5.17. The number of amides is 3. The van der Waals surface area contributed by atoms with Gasteiger partial charge in [-0.2, -0.15) is 5.10 Å². The molecule has 0 spiro atoms. The standard InChI is InChI=1S/C24H35N5O2/c1-3-5-20(6-4-2)27-11-7-18(8-12-27)15-19-9-14-29-21(16-19)22(17-25-29)28-13-10-23(30)26-24(28)31/h9,14,16-18,20H,3-8,10-13,15H2,1-2H3,(H,26,30,31). The van der Waals surface area contributed by atoms with Gasteiger partial charge in [-0.25, -0.2) is 9.31 Å². The highest BCUT2D eigenvalue weighted by Gasteiger charge is 2.27. The van der Waals surface area contributed by atoms with Crippen molar-refractivity contribution in [3.05, 3.63) is 30.1 Å². The monoisotopic (exact) mass is 425 g/mol. The number of carbonyl (C=O) groups excluding carboxylic acids is 2. The molecule has 0 saturated carbocycles. The highest BCUT2D eigenvalue weighted by molar-refractivity contribution is 6.07. The average molecular weight is 426 g/mol. The fraction of sp³-hybridized carbons (Fsp3) is 0.625. The predicted molar refractivity (Wildman–Crippen MR) is 122 cm³/mol. The molecule has 7 heteroatoms. The van der Waals surface area contributed by atoms with Crippen molar-refractivity contribution in [1.29, 1.82) is 0 Å². The molecule has 4 heterocycles. The van der Waals surface area contributed by atoms with E-state index >= 15 is 0 Å². The highest BCUT2D eigenvalue weighted by Crippen LogP contribution is 2.28. The van der Waals surface area contributed by atoms with Crippen LogP contribution in [-0.2, 0) is 11.2 Å². The summed E-state index contributed by atoms with van der Waals surface area (Å²) in [5, 5.41) is 6.80. The van der Waals surface area contributed by atoms with E-state index in [1.807, 2.05) is 10.7 Å². The molecule has 0 unspecified atom stereocenters. The van der Waals surface area contributed by atoms with Crippen LogP contribution in [-0.4, -0.2) is 52.1 Å². The van der Waals surface area contributed by atoms with E-state index in [4.69, 9.17) is 0 Å². The van der Waals surface area contributed by atoms with Crippen LogP contribution < -0.4 is 10.2 Å². The van der Waals surface area contributed by atoms with Gasteiger partial charge in [0.05, 0.1) is 17.4 Å². The first-order valence-electron chi connectivity index (χ1n) is 11.9. The summed E-state index contributed by atoms with van der Waals surface area (Å²) in [6.45, 7) is 7.39. The molecule has 2 fully saturated rings. The Morgan fingerprint density at radius 1 is 1.13 bits per heavy atom. The molecule has 0 atom stereocenters. The Balaban J connectivity index is 1.42. The second-order valence-corrected chi connectivity index (χ2v) is 9.06. The molecule has 2 aliphatic rings. The molecule has 31 heavy (non-hydrogen) atoms. The number of nitrogens with one attached hydrogen (secondary N) is 1. The molecule has 3 amide bonds. The lowest BCUT2D eigenvalue weighted by Crippen LogP contribution is -2.49. The molecular formula is C24H35N5O2. The van der Waals surface area contributed by atoms with Crippen molar-refractivity contribution in [1.82, 2.24) is 19.8 Å². The molecule has 2 aromatic heterocycles. The number of pyridine rings is 1. The quantitative estimate of drug-likeness (QED) is 0.694. The van der Waals surface area contributed by atoms with Crippen LogP contribution in [0.3, 0.4) is 0 Å². The SMILES string of the molecule is CCCC(CCC)N1CCC(Cc2ccn3ncc(N4CCC(=O)NC4=O)c3c2)CC1. The van der Waals surface area contributed by atoms with E-state index in [9.17, 15) is 9.59 Å². The first kappa shape index (κ1) is 21.8. The summed E-state index contributed by atoms with van der Waals surface area (Å²) in [5.74, 6) is 0.481. The second-order valence-electron chi connectivity index (χ2n) is 9.06. The Hall–Kier alpha value is -2.41. The molecule has 0 radical (unpaired) electrons. The zero-order valence-corrected chi connectivity index (χ0v) is 18.8. The molecule has 168 valence electrons. The maximum absolute atomic E-state index is 12.3. The molecule has 0 bridgehead atoms. The van der Waals surface area contributed by atoms with Crippen LogP contribution in [0.2, 0.25) is 0 Å². The summed E-state index contributed by atoms with van der Waals surface area (Å²) >= 11 is 0. The second kappa shape index (κ2) is 9.81. The van der Waals surface area contributed by atoms with Crippen molar-refractivity contribution in [2.75, 3.05) is 24.5 Å². The number of likely N-dealkylation sites (tertiary alicyclic amines) is 1. The van der Waals surface area contributed by atoms with Crippen LogP contribution in [0.25, 0.3) is 5.52 Å². The van der Waals surface area contributed by atoms with Crippen molar-refractivity contribution in [3.8, 4) is 0 Å². The molecule has 0 aromatic carbocycles. The van der Waals surface area contributed by atoms with Crippen LogP contribution in [0.5, 0.6) is 0 Å². The first-order chi connectivity index (χ1) is 15.1. The molecule has 2 aromatic rings. The van der Waals surface area contributed by atoms with Gasteiger partial charge in [0.2, 0.25) is 5.91 Å². The van der Waals surface area contributed by atoms with Gasteiger partial charge >= 0.3 is 6.03 Å². The van der Waals surface area contributed by atoms with Crippen LogP contribution in [0.4, 0.5) is 10.5 Å². The lowest BCUT2D eigenvalue weighted by molar-refractivity contribution is -0.120. The van der Waals surface area contributed by atoms with Crippen LogP contribution in [0.1, 0.15) is 64.4 Å². The third-order valence-electron chi connectivity index (χ3n) is 6.84. The number of piperidine rings is 1. The highest BCUT2D eigenvalue weighted by atomic mass is 16.2. The number of rotatable bonds is 8. The summed E-state index contributed by atoms with van der Waals surface area (Å²) in [7, 11) is 0. The number of nitrogens with zero attached hydrogens (tertiary/aromatic N) is 4. The number of carbonyl (C=O) groups is 2. The van der Waals surface area contributed by atoms with Gasteiger partial charge in [0.15, 0.2) is 0 Å². The van der Waals surface area contributed by atoms with E-state index in [1.165, 1.54) is 57.2 Å². The van der Waals surface area contributed by atoms with E-state index < -0.39 is 0 Å². The zero-order chi connectivity index (χ0) is 21.8. The minimum Gasteiger partial charge on any atom is -0.300 e. The molecule has 2 saturated heterocycles. The van der Waals surface area contributed by atoms with Crippen molar-refractivity contribution >= 4 is 23.1 Å². The maximum Gasteiger partial charge on any atom is 0.328 e. The Labute approximate surface area is 184 Å². The van der Waals surface area contributed by atoms with E-state index in [2.05, 4.69) is 41.3 Å². The molecule has 7 nitrogen and oxygen atoms in total. The molecule has 2 aliphatic heterocycles. The van der Waals surface area contributed by atoms with Crippen LogP contribution >= 0.6 is 0 Å². The average Bonchev–Trinajstić information content (AvgIpc) is 3.17. The van der Waals surface area contributed by atoms with Crippen molar-refractivity contribution in [2.24, 2.45) is 5.92 Å². The summed E-state index contributed by atoms with van der Waals surface area (Å²) in [4.78, 5) is 28.1. The summed E-state index contributed by atoms with van der Waals surface area (Å²) in [6, 6.07) is 4.70. The number of hydrogen-bond donors (Lipinski definition) is 1. The topological polar surface area (TPSA) is 70.0 Å². The molecule has 1 N–H and O–H groups in total. The largest absolute Gasteiger partial charge is 0.328 e. The van der Waals surface area contributed by atoms with Gasteiger partial charge in [-0.1, -0.05) is 26.7 Å². The summed E-state index contributed by atoms with van der Waals surface area (Å²) in [5.41, 5.74) is 2.98. The van der Waals surface area contributed by atoms with Crippen LogP contribution in [0, 0.1) is 5.92 Å². The first-order valence-corrected chi connectivity index (χ1v) is 11.9. The van der Waals surface area contributed by atoms with Gasteiger partial charge in [-0.15, -0.1) is 0 Å². The number of anilines is 1. The lowest BCUT2D eigenvalue weighted by atomic mass is 9.89. The Morgan fingerprint density at radius 2 is 1.87 bits per heavy atom. The number of aromatic nitrogens is 2. The third-order valence-corrected chi connectivity index (χ3v) is 6.84. The number of urea groups is 1. The normalized spacial score (nSPS) is 18.9. The Bertz CT molecular complexity index is 910. The van der Waals surface area contributed by atoms with Crippen molar-refractivity contribution < 1.29 is 9.59 Å². The lowest BCUT2D eigenvalue weighted by Gasteiger charge is -2.37. The van der Waals surface area contributed by atoms with Gasteiger partial charge in [0, 0.05) is 25.2 Å². The Morgan fingerprint density at radius 3 is 2.55 bits per heavy atom. The third kappa shape index (κ3) is 4.92. The summed E-state index contributed by atoms with van der Waals surface area (Å²) < 4.78 is 1.81. The van der Waals surface area contributed by atoms with Crippen LogP contribution in [0.15, 0.2) is 24.5 Å². The smallest absolute Gasteiger partial charge is 0.300 e. The minimum atomic E-state index is -0.363. The van der Waals surface area contributed by atoms with Crippen molar-refractivity contribution in [3.63, 3.8) is 0 Å². The Kier molecular flexibility index (Phi) is 6.90. The van der Waals surface area contributed by atoms with E-state index in [-0.39, 0.29) is 11.9 Å². The number of imide groups is 1.